The highest BCUT2D eigenvalue weighted by molar-refractivity contribution is 5.94. The Bertz CT molecular complexity index is 526. The van der Waals surface area contributed by atoms with Gasteiger partial charge in [-0.3, -0.25) is 9.59 Å². The van der Waals surface area contributed by atoms with Gasteiger partial charge in [0, 0.05) is 17.3 Å². The summed E-state index contributed by atoms with van der Waals surface area (Å²) >= 11 is 0. The molecule has 7 heteroatoms. The van der Waals surface area contributed by atoms with E-state index in [1.54, 1.807) is 12.1 Å². The molecular formula is C14H19N3O4. The molecule has 0 radical (unpaired) electrons. The van der Waals surface area contributed by atoms with Crippen molar-refractivity contribution in [3.8, 4) is 0 Å². The number of hydrogen-bond donors (Lipinski definition) is 4. The summed E-state index contributed by atoms with van der Waals surface area (Å²) in [6.07, 6.45) is -0.147. The molecule has 0 aromatic heterocycles. The van der Waals surface area contributed by atoms with E-state index in [1.807, 2.05) is 13.8 Å². The van der Waals surface area contributed by atoms with Gasteiger partial charge in [-0.2, -0.15) is 0 Å². The van der Waals surface area contributed by atoms with Gasteiger partial charge in [0.25, 0.3) is 0 Å². The van der Waals surface area contributed by atoms with Crippen molar-refractivity contribution >= 4 is 23.6 Å². The number of carbonyl (C=O) groups excluding carboxylic acids is 2. The molecule has 1 unspecified atom stereocenters. The van der Waals surface area contributed by atoms with Gasteiger partial charge in [-0.05, 0) is 30.2 Å². The van der Waals surface area contributed by atoms with Crippen molar-refractivity contribution in [1.82, 2.24) is 5.32 Å². The molecule has 3 amide bonds. The summed E-state index contributed by atoms with van der Waals surface area (Å²) in [4.78, 5) is 33.5. The van der Waals surface area contributed by atoms with Crippen LogP contribution in [0.25, 0.3) is 0 Å². The molecular weight excluding hydrogens is 274 g/mol. The lowest BCUT2D eigenvalue weighted by atomic mass is 10.0. The fraction of sp³-hybridized carbons (Fsp3) is 0.357. The number of carboxylic acid groups (broad SMARTS) is 1. The van der Waals surface area contributed by atoms with Crippen LogP contribution < -0.4 is 16.4 Å². The van der Waals surface area contributed by atoms with Crippen molar-refractivity contribution in [3.05, 3.63) is 29.8 Å². The summed E-state index contributed by atoms with van der Waals surface area (Å²) in [7, 11) is 0. The Kier molecular flexibility index (Phi) is 5.71. The summed E-state index contributed by atoms with van der Waals surface area (Å²) in [5.41, 5.74) is 5.94. The number of benzene rings is 1. The van der Waals surface area contributed by atoms with Crippen LogP contribution in [0.3, 0.4) is 0 Å². The first-order valence-electron chi connectivity index (χ1n) is 6.48. The van der Waals surface area contributed by atoms with Gasteiger partial charge in [-0.25, -0.2) is 4.79 Å². The van der Waals surface area contributed by atoms with Crippen LogP contribution in [0.4, 0.5) is 10.5 Å². The van der Waals surface area contributed by atoms with E-state index in [-0.39, 0.29) is 12.3 Å². The molecule has 0 heterocycles. The Hall–Kier alpha value is -2.57. The van der Waals surface area contributed by atoms with E-state index in [0.29, 0.717) is 11.3 Å². The van der Waals surface area contributed by atoms with Crippen molar-refractivity contribution < 1.29 is 19.5 Å². The van der Waals surface area contributed by atoms with Crippen LogP contribution in [-0.2, 0) is 4.79 Å². The van der Waals surface area contributed by atoms with E-state index in [0.717, 1.165) is 0 Å². The second-order valence-corrected chi connectivity index (χ2v) is 4.99. The third-order valence-electron chi connectivity index (χ3n) is 2.94. The standard InChI is InChI=1S/C14H19N3O4/c1-8(2)11(7-12(18)19)17-14(21)16-10-5-3-9(4-6-10)13(15)20/h3-6,8,11H,7H2,1-2H3,(H2,15,20)(H,18,19)(H2,16,17,21). The van der Waals surface area contributed by atoms with E-state index in [9.17, 15) is 14.4 Å². The first kappa shape index (κ1) is 16.5. The molecule has 1 atom stereocenters. The minimum atomic E-state index is -0.972. The molecule has 0 fully saturated rings. The minimum Gasteiger partial charge on any atom is -0.481 e. The number of anilines is 1. The number of aliphatic carboxylic acids is 1. The molecule has 0 bridgehead atoms. The van der Waals surface area contributed by atoms with Gasteiger partial charge >= 0.3 is 12.0 Å². The summed E-state index contributed by atoms with van der Waals surface area (Å²) in [6.45, 7) is 3.66. The lowest BCUT2D eigenvalue weighted by molar-refractivity contribution is -0.137. The maximum Gasteiger partial charge on any atom is 0.319 e. The number of carboxylic acids is 1. The van der Waals surface area contributed by atoms with Crippen LogP contribution in [0.15, 0.2) is 24.3 Å². The molecule has 1 rings (SSSR count). The monoisotopic (exact) mass is 293 g/mol. The van der Waals surface area contributed by atoms with Gasteiger partial charge < -0.3 is 21.5 Å². The third-order valence-corrected chi connectivity index (χ3v) is 2.94. The number of nitrogens with one attached hydrogen (secondary N) is 2. The Morgan fingerprint density at radius 2 is 1.76 bits per heavy atom. The van der Waals surface area contributed by atoms with E-state index < -0.39 is 23.9 Å². The van der Waals surface area contributed by atoms with Gasteiger partial charge in [0.05, 0.1) is 6.42 Å². The Labute approximate surface area is 122 Å². The van der Waals surface area contributed by atoms with Gasteiger partial charge in [-0.1, -0.05) is 13.8 Å². The van der Waals surface area contributed by atoms with Crippen LogP contribution in [0.5, 0.6) is 0 Å². The number of amides is 3. The molecule has 1 aromatic rings. The van der Waals surface area contributed by atoms with Gasteiger partial charge in [0.2, 0.25) is 5.91 Å². The average molecular weight is 293 g/mol. The normalized spacial score (nSPS) is 11.8. The Morgan fingerprint density at radius 3 is 2.19 bits per heavy atom. The maximum atomic E-state index is 11.8. The fourth-order valence-electron chi connectivity index (χ4n) is 1.69. The zero-order valence-corrected chi connectivity index (χ0v) is 11.9. The van der Waals surface area contributed by atoms with Crippen molar-refractivity contribution in [2.45, 2.75) is 26.3 Å². The predicted octanol–water partition coefficient (Wildman–Crippen LogP) is 1.41. The number of urea groups is 1. The number of rotatable bonds is 6. The van der Waals surface area contributed by atoms with E-state index >= 15 is 0 Å². The van der Waals surface area contributed by atoms with Gasteiger partial charge in [-0.15, -0.1) is 0 Å². The first-order valence-corrected chi connectivity index (χ1v) is 6.48. The topological polar surface area (TPSA) is 122 Å². The smallest absolute Gasteiger partial charge is 0.319 e. The van der Waals surface area contributed by atoms with Crippen LogP contribution in [-0.4, -0.2) is 29.1 Å². The zero-order chi connectivity index (χ0) is 16.0. The lowest BCUT2D eigenvalue weighted by Crippen LogP contribution is -2.42. The molecule has 0 aliphatic heterocycles. The molecule has 0 spiro atoms. The highest BCUT2D eigenvalue weighted by Crippen LogP contribution is 2.10. The predicted molar refractivity (Wildman–Crippen MR) is 78.0 cm³/mol. The number of carbonyl (C=O) groups is 3. The molecule has 0 aliphatic rings. The quantitative estimate of drug-likeness (QED) is 0.633. The van der Waals surface area contributed by atoms with Crippen LogP contribution >= 0.6 is 0 Å². The van der Waals surface area contributed by atoms with Crippen molar-refractivity contribution in [2.75, 3.05) is 5.32 Å². The van der Waals surface area contributed by atoms with Crippen LogP contribution in [0.1, 0.15) is 30.6 Å². The molecule has 7 nitrogen and oxygen atoms in total. The van der Waals surface area contributed by atoms with Gasteiger partial charge in [0.1, 0.15) is 0 Å². The minimum absolute atomic E-state index is 0.0101. The molecule has 0 saturated carbocycles. The van der Waals surface area contributed by atoms with E-state index in [1.165, 1.54) is 12.1 Å². The lowest BCUT2D eigenvalue weighted by Gasteiger charge is -2.20. The van der Waals surface area contributed by atoms with Crippen molar-refractivity contribution in [1.29, 1.82) is 0 Å². The van der Waals surface area contributed by atoms with Crippen molar-refractivity contribution in [2.24, 2.45) is 11.7 Å². The van der Waals surface area contributed by atoms with Gasteiger partial charge in [0.15, 0.2) is 0 Å². The first-order chi connectivity index (χ1) is 9.79. The highest BCUT2D eigenvalue weighted by atomic mass is 16.4. The maximum absolute atomic E-state index is 11.8. The summed E-state index contributed by atoms with van der Waals surface area (Å²) in [5, 5.41) is 14.0. The Balaban J connectivity index is 2.63. The molecule has 0 aliphatic carbocycles. The fourth-order valence-corrected chi connectivity index (χ4v) is 1.69. The number of nitrogens with two attached hydrogens (primary N) is 1. The molecule has 0 saturated heterocycles. The van der Waals surface area contributed by atoms with E-state index in [4.69, 9.17) is 10.8 Å². The molecule has 1 aromatic carbocycles. The second kappa shape index (κ2) is 7.28. The number of hydrogen-bond acceptors (Lipinski definition) is 3. The summed E-state index contributed by atoms with van der Waals surface area (Å²) in [5.74, 6) is -1.53. The second-order valence-electron chi connectivity index (χ2n) is 4.99. The van der Waals surface area contributed by atoms with Crippen LogP contribution in [0.2, 0.25) is 0 Å². The highest BCUT2D eigenvalue weighted by Gasteiger charge is 2.19. The Morgan fingerprint density at radius 1 is 1.19 bits per heavy atom. The van der Waals surface area contributed by atoms with Crippen LogP contribution in [0, 0.1) is 5.92 Å². The SMILES string of the molecule is CC(C)C(CC(=O)O)NC(=O)Nc1ccc(C(N)=O)cc1. The largest absolute Gasteiger partial charge is 0.481 e. The summed E-state index contributed by atoms with van der Waals surface area (Å²) < 4.78 is 0. The summed E-state index contributed by atoms with van der Waals surface area (Å²) in [6, 6.07) is 5.11. The molecule has 5 N–H and O–H groups in total. The van der Waals surface area contributed by atoms with E-state index in [2.05, 4.69) is 10.6 Å². The molecule has 21 heavy (non-hydrogen) atoms. The third kappa shape index (κ3) is 5.52. The molecule has 114 valence electrons. The average Bonchev–Trinajstić information content (AvgIpc) is 2.37. The van der Waals surface area contributed by atoms with Crippen molar-refractivity contribution in [3.63, 3.8) is 0 Å². The zero-order valence-electron chi connectivity index (χ0n) is 11.9. The number of primary amides is 1.